The van der Waals surface area contributed by atoms with E-state index in [0.717, 1.165) is 25.3 Å². The van der Waals surface area contributed by atoms with Crippen molar-refractivity contribution >= 4 is 33.9 Å². The summed E-state index contributed by atoms with van der Waals surface area (Å²) in [5, 5.41) is 17.7. The average molecular weight is 318 g/mol. The molecule has 0 saturated carbocycles. The quantitative estimate of drug-likeness (QED) is 0.594. The molecular formula is C10H10N2O8S. The minimum absolute atomic E-state index is 0.344. The first-order valence-corrected chi connectivity index (χ1v) is 6.63. The lowest BCUT2D eigenvalue weighted by molar-refractivity contribution is 0.0696. The number of nitrogens with one attached hydrogen (secondary N) is 2. The number of carboxylic acids is 2. The first kappa shape index (κ1) is 16.2. The summed E-state index contributed by atoms with van der Waals surface area (Å²) in [6, 6.07) is 2.65. The molecule has 21 heavy (non-hydrogen) atoms. The lowest BCUT2D eigenvalue weighted by Gasteiger charge is -2.10. The molecule has 0 aromatic heterocycles. The lowest BCUT2D eigenvalue weighted by atomic mass is 10.1. The van der Waals surface area contributed by atoms with Gasteiger partial charge in [0.05, 0.1) is 23.9 Å². The predicted molar refractivity (Wildman–Crippen MR) is 68.4 cm³/mol. The van der Waals surface area contributed by atoms with Crippen molar-refractivity contribution in [2.45, 2.75) is 0 Å². The Morgan fingerprint density at radius 2 is 1.52 bits per heavy atom. The molecule has 0 saturated heterocycles. The van der Waals surface area contributed by atoms with Gasteiger partial charge in [-0.3, -0.25) is 4.72 Å². The van der Waals surface area contributed by atoms with Crippen LogP contribution in [0.4, 0.5) is 10.5 Å². The van der Waals surface area contributed by atoms with E-state index < -0.39 is 39.4 Å². The average Bonchev–Trinajstić information content (AvgIpc) is 2.36. The number of hydrogen-bond donors (Lipinski definition) is 4. The smallest absolute Gasteiger partial charge is 0.422 e. The van der Waals surface area contributed by atoms with Crippen LogP contribution in [0.1, 0.15) is 20.7 Å². The van der Waals surface area contributed by atoms with Gasteiger partial charge in [-0.2, -0.15) is 8.42 Å². The minimum atomic E-state index is -4.39. The third-order valence-corrected chi connectivity index (χ3v) is 3.02. The third kappa shape index (κ3) is 4.65. The summed E-state index contributed by atoms with van der Waals surface area (Å²) >= 11 is 0. The molecule has 0 aliphatic heterocycles. The van der Waals surface area contributed by atoms with E-state index >= 15 is 0 Å². The van der Waals surface area contributed by atoms with E-state index in [1.165, 1.54) is 4.72 Å². The Kier molecular flexibility index (Phi) is 4.71. The topological polar surface area (TPSA) is 159 Å². The highest BCUT2D eigenvalue weighted by Crippen LogP contribution is 2.16. The fraction of sp³-hybridized carbons (Fsp3) is 0.100. The summed E-state index contributed by atoms with van der Waals surface area (Å²) in [7, 11) is -3.45. The number of benzene rings is 1. The van der Waals surface area contributed by atoms with Crippen LogP contribution in [0.15, 0.2) is 18.2 Å². The summed E-state index contributed by atoms with van der Waals surface area (Å²) in [4.78, 5) is 32.5. The molecule has 0 fully saturated rings. The summed E-state index contributed by atoms with van der Waals surface area (Å²) in [6.45, 7) is 0. The van der Waals surface area contributed by atoms with Crippen LogP contribution in [-0.2, 0) is 14.9 Å². The lowest BCUT2D eigenvalue weighted by Crippen LogP contribution is -2.35. The van der Waals surface area contributed by atoms with Crippen molar-refractivity contribution in [1.29, 1.82) is 0 Å². The summed E-state index contributed by atoms with van der Waals surface area (Å²) < 4.78 is 30.4. The van der Waals surface area contributed by atoms with Gasteiger partial charge in [0, 0.05) is 0 Å². The maximum absolute atomic E-state index is 11.5. The monoisotopic (exact) mass is 318 g/mol. The van der Waals surface area contributed by atoms with Crippen LogP contribution >= 0.6 is 0 Å². The fourth-order valence-electron chi connectivity index (χ4n) is 1.27. The summed E-state index contributed by atoms with van der Waals surface area (Å²) in [5.74, 6) is -2.89. The maximum atomic E-state index is 11.5. The molecule has 0 aliphatic carbocycles. The highest BCUT2D eigenvalue weighted by atomic mass is 32.2. The number of aromatic carboxylic acids is 2. The number of methoxy groups -OCH3 is 1. The van der Waals surface area contributed by atoms with E-state index in [1.807, 2.05) is 4.72 Å². The second-order valence-corrected chi connectivity index (χ2v) is 5.02. The van der Waals surface area contributed by atoms with Crippen molar-refractivity contribution < 1.29 is 37.8 Å². The van der Waals surface area contributed by atoms with Crippen molar-refractivity contribution in [2.24, 2.45) is 0 Å². The van der Waals surface area contributed by atoms with Gasteiger partial charge in [-0.1, -0.05) is 0 Å². The molecule has 4 N–H and O–H groups in total. The minimum Gasteiger partial charge on any atom is -0.478 e. The molecule has 10 nitrogen and oxygen atoms in total. The van der Waals surface area contributed by atoms with Crippen molar-refractivity contribution in [1.82, 2.24) is 4.72 Å². The van der Waals surface area contributed by atoms with Crippen LogP contribution in [0.3, 0.4) is 0 Å². The zero-order valence-corrected chi connectivity index (χ0v) is 11.3. The molecule has 1 amide bonds. The van der Waals surface area contributed by atoms with E-state index in [9.17, 15) is 22.8 Å². The van der Waals surface area contributed by atoms with Crippen LogP contribution < -0.4 is 9.44 Å². The Balaban J connectivity index is 3.16. The number of hydrogen-bond acceptors (Lipinski definition) is 6. The van der Waals surface area contributed by atoms with Crippen molar-refractivity contribution in [3.63, 3.8) is 0 Å². The van der Waals surface area contributed by atoms with Crippen molar-refractivity contribution in [3.05, 3.63) is 29.3 Å². The van der Waals surface area contributed by atoms with Gasteiger partial charge in [0.1, 0.15) is 0 Å². The molecular weight excluding hydrogens is 308 g/mol. The molecule has 11 heteroatoms. The van der Waals surface area contributed by atoms with Gasteiger partial charge in [-0.25, -0.2) is 19.1 Å². The summed E-state index contributed by atoms with van der Waals surface area (Å²) in [6.07, 6.45) is -1.27. The number of amides is 1. The highest BCUT2D eigenvalue weighted by Gasteiger charge is 2.17. The Morgan fingerprint density at radius 3 is 1.90 bits per heavy atom. The molecule has 114 valence electrons. The van der Waals surface area contributed by atoms with E-state index in [1.54, 1.807) is 0 Å². The van der Waals surface area contributed by atoms with E-state index in [4.69, 9.17) is 10.2 Å². The van der Waals surface area contributed by atoms with Crippen LogP contribution in [0.25, 0.3) is 0 Å². The van der Waals surface area contributed by atoms with Gasteiger partial charge < -0.3 is 14.9 Å². The molecule has 0 radical (unpaired) electrons. The zero-order valence-electron chi connectivity index (χ0n) is 10.5. The van der Waals surface area contributed by atoms with Gasteiger partial charge in [0.2, 0.25) is 0 Å². The predicted octanol–water partition coefficient (Wildman–Crippen LogP) is 0.0957. The zero-order chi connectivity index (χ0) is 16.2. The van der Waals surface area contributed by atoms with Gasteiger partial charge in [0.25, 0.3) is 0 Å². The molecule has 1 aromatic rings. The van der Waals surface area contributed by atoms with Gasteiger partial charge in [-0.15, -0.1) is 0 Å². The second-order valence-electron chi connectivity index (χ2n) is 3.61. The van der Waals surface area contributed by atoms with Crippen LogP contribution in [-0.4, -0.2) is 43.8 Å². The van der Waals surface area contributed by atoms with Crippen LogP contribution in [0, 0.1) is 0 Å². The Morgan fingerprint density at radius 1 is 1.05 bits per heavy atom. The Hall–Kier alpha value is -2.82. The highest BCUT2D eigenvalue weighted by molar-refractivity contribution is 7.91. The standard InChI is InChI=1S/C10H10N2O8S/c1-20-10(17)12-21(18,19)11-7-3-5(8(13)14)2-6(4-7)9(15)16/h2-4,11H,1H3,(H,12,17)(H,13,14)(H,15,16). The number of anilines is 1. The molecule has 0 spiro atoms. The molecule has 1 rings (SSSR count). The van der Waals surface area contributed by atoms with Gasteiger partial charge in [0.15, 0.2) is 0 Å². The molecule has 0 aliphatic rings. The number of carboxylic acid groups (broad SMARTS) is 2. The van der Waals surface area contributed by atoms with E-state index in [0.29, 0.717) is 0 Å². The van der Waals surface area contributed by atoms with Crippen LogP contribution in [0.2, 0.25) is 0 Å². The normalized spacial score (nSPS) is 10.5. The number of ether oxygens (including phenoxy) is 1. The number of rotatable bonds is 5. The van der Waals surface area contributed by atoms with E-state index in [2.05, 4.69) is 4.74 Å². The number of carbonyl (C=O) groups is 3. The Labute approximate surface area is 118 Å². The molecule has 1 aromatic carbocycles. The first-order valence-electron chi connectivity index (χ1n) is 5.15. The van der Waals surface area contributed by atoms with Crippen LogP contribution in [0.5, 0.6) is 0 Å². The van der Waals surface area contributed by atoms with Crippen molar-refractivity contribution in [3.8, 4) is 0 Å². The maximum Gasteiger partial charge on any atom is 0.422 e. The Bertz CT molecular complexity index is 665. The van der Waals surface area contributed by atoms with Gasteiger partial charge >= 0.3 is 28.2 Å². The molecule has 0 bridgehead atoms. The second kappa shape index (κ2) is 6.09. The molecule has 0 heterocycles. The SMILES string of the molecule is COC(=O)NS(=O)(=O)Nc1cc(C(=O)O)cc(C(=O)O)c1. The first-order chi connectivity index (χ1) is 9.64. The summed E-state index contributed by atoms with van der Waals surface area (Å²) in [5.41, 5.74) is -1.22. The third-order valence-electron chi connectivity index (χ3n) is 2.08. The largest absolute Gasteiger partial charge is 0.478 e. The van der Waals surface area contributed by atoms with Crippen molar-refractivity contribution in [2.75, 3.05) is 11.8 Å². The van der Waals surface area contributed by atoms with E-state index in [-0.39, 0.29) is 5.69 Å². The fourth-order valence-corrected chi connectivity index (χ4v) is 2.05. The van der Waals surface area contributed by atoms with Gasteiger partial charge in [-0.05, 0) is 18.2 Å². The molecule has 0 unspecified atom stereocenters. The number of carbonyl (C=O) groups excluding carboxylic acids is 1. The molecule has 0 atom stereocenters.